The molecule has 9 heteroatoms. The zero-order valence-electron chi connectivity index (χ0n) is 18.1. The molecule has 1 aliphatic rings. The Hall–Kier alpha value is -3.88. The van der Waals surface area contributed by atoms with Crippen molar-refractivity contribution in [1.29, 1.82) is 0 Å². The van der Waals surface area contributed by atoms with E-state index in [1.165, 1.54) is 25.4 Å². The first-order valence-electron chi connectivity index (χ1n) is 10.1. The Morgan fingerprint density at radius 3 is 2.66 bits per heavy atom. The van der Waals surface area contributed by atoms with Crippen LogP contribution in [0.15, 0.2) is 65.1 Å². The monoisotopic (exact) mass is 436 g/mol. The minimum atomic E-state index is -0.713. The minimum absolute atomic E-state index is 0.0619. The summed E-state index contributed by atoms with van der Waals surface area (Å²) >= 11 is 0. The lowest BCUT2D eigenvalue weighted by Gasteiger charge is -2.32. The summed E-state index contributed by atoms with van der Waals surface area (Å²) < 4.78 is 5.02. The molecule has 1 aromatic heterocycles. The number of non-ortho nitro benzene ring substituents is 1. The summed E-state index contributed by atoms with van der Waals surface area (Å²) in [5.41, 5.74) is 3.12. The Kier molecular flexibility index (Phi) is 7.09. The Morgan fingerprint density at radius 1 is 1.22 bits per heavy atom. The summed E-state index contributed by atoms with van der Waals surface area (Å²) in [6.07, 6.45) is 3.48. The van der Waals surface area contributed by atoms with E-state index in [9.17, 15) is 19.7 Å². The molecule has 0 saturated heterocycles. The highest BCUT2D eigenvalue weighted by Crippen LogP contribution is 2.41. The average Bonchev–Trinajstić information content (AvgIpc) is 2.80. The number of hydrogen-bond donors (Lipinski definition) is 1. The number of carbonyl (C=O) groups is 2. The van der Waals surface area contributed by atoms with Gasteiger partial charge in [-0.1, -0.05) is 12.1 Å². The lowest BCUT2D eigenvalue weighted by atomic mass is 9.74. The van der Waals surface area contributed by atoms with E-state index in [-0.39, 0.29) is 11.6 Å². The van der Waals surface area contributed by atoms with Gasteiger partial charge in [0.05, 0.1) is 17.6 Å². The third kappa shape index (κ3) is 4.88. The number of benzene rings is 1. The number of aromatic nitrogens is 1. The smallest absolute Gasteiger partial charge is 0.315 e. The van der Waals surface area contributed by atoms with Gasteiger partial charge < -0.3 is 10.1 Å². The first kappa shape index (κ1) is 22.8. The molecule has 9 nitrogen and oxygen atoms in total. The summed E-state index contributed by atoms with van der Waals surface area (Å²) in [4.78, 5) is 44.4. The number of rotatable bonds is 7. The standard InChI is InChI=1S/C23H24N4O5/c1-14-19(9-11-25-22(28)17-7-5-10-24-13-17)21(20(15(2)26-14)23(29)32-3)16-6-4-8-18(12-16)27(30)31/h4-8,10,12-13,20-21H,9,11H2,1-3H3,(H,25,28). The number of carbonyl (C=O) groups excluding carboxylic acids is 2. The Morgan fingerprint density at radius 2 is 2.00 bits per heavy atom. The maximum atomic E-state index is 12.7. The van der Waals surface area contributed by atoms with Gasteiger partial charge in [-0.15, -0.1) is 0 Å². The molecule has 32 heavy (non-hydrogen) atoms. The van der Waals surface area contributed by atoms with E-state index >= 15 is 0 Å². The molecular weight excluding hydrogens is 412 g/mol. The molecule has 1 aromatic carbocycles. The minimum Gasteiger partial charge on any atom is -0.468 e. The quantitative estimate of drug-likeness (QED) is 0.403. The van der Waals surface area contributed by atoms with Crippen molar-refractivity contribution in [3.05, 3.63) is 81.3 Å². The van der Waals surface area contributed by atoms with Gasteiger partial charge in [0, 0.05) is 48.4 Å². The normalized spacial score (nSPS) is 18.0. The van der Waals surface area contributed by atoms with Crippen molar-refractivity contribution in [3.63, 3.8) is 0 Å². The molecule has 0 spiro atoms. The molecule has 2 atom stereocenters. The van der Waals surface area contributed by atoms with Crippen LogP contribution in [0.1, 0.15) is 42.1 Å². The lowest BCUT2D eigenvalue weighted by molar-refractivity contribution is -0.384. The van der Waals surface area contributed by atoms with E-state index in [1.54, 1.807) is 37.4 Å². The molecule has 1 N–H and O–H groups in total. The SMILES string of the molecule is COC(=O)C1C(C)=NC(C)=C(CCNC(=O)c2cccnc2)C1c1cccc([N+](=O)[O-])c1. The topological polar surface area (TPSA) is 124 Å². The third-order valence-electron chi connectivity index (χ3n) is 5.47. The number of nitrogens with zero attached hydrogens (tertiary/aromatic N) is 3. The maximum absolute atomic E-state index is 12.7. The first-order valence-corrected chi connectivity index (χ1v) is 10.1. The number of nitrogens with one attached hydrogen (secondary N) is 1. The van der Waals surface area contributed by atoms with E-state index in [4.69, 9.17) is 4.74 Å². The van der Waals surface area contributed by atoms with Crippen molar-refractivity contribution in [2.45, 2.75) is 26.2 Å². The van der Waals surface area contributed by atoms with Gasteiger partial charge in [0.1, 0.15) is 5.92 Å². The number of hydrogen-bond acceptors (Lipinski definition) is 7. The van der Waals surface area contributed by atoms with Crippen molar-refractivity contribution in [3.8, 4) is 0 Å². The molecule has 166 valence electrons. The van der Waals surface area contributed by atoms with E-state index in [0.717, 1.165) is 11.3 Å². The van der Waals surface area contributed by atoms with E-state index in [2.05, 4.69) is 15.3 Å². The average molecular weight is 436 g/mol. The second kappa shape index (κ2) is 9.95. The van der Waals surface area contributed by atoms with Crippen LogP contribution in [-0.4, -0.2) is 41.2 Å². The summed E-state index contributed by atoms with van der Waals surface area (Å²) in [6, 6.07) is 9.58. The van der Waals surface area contributed by atoms with Crippen molar-refractivity contribution in [1.82, 2.24) is 10.3 Å². The molecule has 2 unspecified atom stereocenters. The van der Waals surface area contributed by atoms with Crippen molar-refractivity contribution < 1.29 is 19.2 Å². The lowest BCUT2D eigenvalue weighted by Crippen LogP contribution is -2.35. The highest BCUT2D eigenvalue weighted by atomic mass is 16.6. The van der Waals surface area contributed by atoms with E-state index in [1.807, 2.05) is 6.92 Å². The molecule has 0 radical (unpaired) electrons. The van der Waals surface area contributed by atoms with Gasteiger partial charge >= 0.3 is 5.97 Å². The van der Waals surface area contributed by atoms with Crippen LogP contribution in [0, 0.1) is 16.0 Å². The molecule has 2 heterocycles. The molecule has 0 saturated carbocycles. The van der Waals surface area contributed by atoms with E-state index in [0.29, 0.717) is 29.8 Å². The second-order valence-electron chi connectivity index (χ2n) is 7.44. The van der Waals surface area contributed by atoms with Gasteiger partial charge in [-0.05, 0) is 43.5 Å². The third-order valence-corrected chi connectivity index (χ3v) is 5.47. The molecule has 0 bridgehead atoms. The Balaban J connectivity index is 1.92. The second-order valence-corrected chi connectivity index (χ2v) is 7.44. The number of nitro benzene ring substituents is 1. The predicted molar refractivity (Wildman–Crippen MR) is 118 cm³/mol. The number of methoxy groups -OCH3 is 1. The largest absolute Gasteiger partial charge is 0.468 e. The summed E-state index contributed by atoms with van der Waals surface area (Å²) in [5.74, 6) is -1.93. The number of ether oxygens (including phenoxy) is 1. The first-order chi connectivity index (χ1) is 15.3. The number of aliphatic imine (C=N–C) groups is 1. The molecular formula is C23H24N4O5. The predicted octanol–water partition coefficient (Wildman–Crippen LogP) is 3.43. The van der Waals surface area contributed by atoms with Gasteiger partial charge in [0.15, 0.2) is 0 Å². The van der Waals surface area contributed by atoms with Gasteiger partial charge in [0.25, 0.3) is 11.6 Å². The Labute approximate surface area is 185 Å². The van der Waals surface area contributed by atoms with Crippen LogP contribution in [-0.2, 0) is 9.53 Å². The fraction of sp³-hybridized carbons (Fsp3) is 0.304. The van der Waals surface area contributed by atoms with Gasteiger partial charge in [0.2, 0.25) is 0 Å². The van der Waals surface area contributed by atoms with E-state index < -0.39 is 22.7 Å². The molecule has 0 aliphatic carbocycles. The molecule has 3 rings (SSSR count). The highest BCUT2D eigenvalue weighted by Gasteiger charge is 2.39. The highest BCUT2D eigenvalue weighted by molar-refractivity contribution is 6.03. The number of pyridine rings is 1. The van der Waals surface area contributed by atoms with Crippen molar-refractivity contribution >= 4 is 23.3 Å². The van der Waals surface area contributed by atoms with Crippen LogP contribution in [0.3, 0.4) is 0 Å². The number of esters is 1. The number of nitro groups is 1. The zero-order valence-corrected chi connectivity index (χ0v) is 18.1. The van der Waals surface area contributed by atoms with Crippen LogP contribution in [0.4, 0.5) is 5.69 Å². The van der Waals surface area contributed by atoms with Crippen LogP contribution in [0.25, 0.3) is 0 Å². The zero-order chi connectivity index (χ0) is 23.3. The Bertz CT molecular complexity index is 1090. The van der Waals surface area contributed by atoms with Crippen molar-refractivity contribution in [2.75, 3.05) is 13.7 Å². The van der Waals surface area contributed by atoms with Crippen LogP contribution in [0.2, 0.25) is 0 Å². The van der Waals surface area contributed by atoms with Crippen LogP contribution in [0.5, 0.6) is 0 Å². The van der Waals surface area contributed by atoms with Gasteiger partial charge in [-0.2, -0.15) is 0 Å². The summed E-state index contributed by atoms with van der Waals surface area (Å²) in [7, 11) is 1.30. The van der Waals surface area contributed by atoms with Gasteiger partial charge in [-0.3, -0.25) is 29.7 Å². The molecule has 2 aromatic rings. The van der Waals surface area contributed by atoms with Crippen LogP contribution < -0.4 is 5.32 Å². The molecule has 1 aliphatic heterocycles. The fourth-order valence-electron chi connectivity index (χ4n) is 3.98. The van der Waals surface area contributed by atoms with Gasteiger partial charge in [-0.25, -0.2) is 0 Å². The maximum Gasteiger partial charge on any atom is 0.315 e. The molecule has 1 amide bonds. The summed E-state index contributed by atoms with van der Waals surface area (Å²) in [5, 5.41) is 14.2. The molecule has 0 fully saturated rings. The fourth-order valence-corrected chi connectivity index (χ4v) is 3.98. The number of amides is 1. The van der Waals surface area contributed by atoms with Crippen LogP contribution >= 0.6 is 0 Å². The van der Waals surface area contributed by atoms with Crippen molar-refractivity contribution in [2.24, 2.45) is 10.9 Å². The summed E-state index contributed by atoms with van der Waals surface area (Å²) in [6.45, 7) is 3.88. The number of allylic oxidation sites excluding steroid dienone is 1.